The molecule has 0 bridgehead atoms. The lowest BCUT2D eigenvalue weighted by Crippen LogP contribution is -2.81. The molecule has 37 heavy (non-hydrogen) atoms. The van der Waals surface area contributed by atoms with E-state index in [0.29, 0.717) is 17.7 Å². The van der Waals surface area contributed by atoms with Gasteiger partial charge in [0.05, 0.1) is 29.8 Å². The van der Waals surface area contributed by atoms with Gasteiger partial charge in [-0.25, -0.2) is 4.79 Å². The molecule has 0 unspecified atom stereocenters. The van der Waals surface area contributed by atoms with Crippen LogP contribution in [-0.4, -0.2) is 74.4 Å². The normalized spacial score (nSPS) is 30.1. The minimum absolute atomic E-state index is 0.263. The van der Waals surface area contributed by atoms with Crippen LogP contribution < -0.4 is 16.0 Å². The van der Waals surface area contributed by atoms with Crippen molar-refractivity contribution in [2.24, 2.45) is 0 Å². The number of aliphatic hydroxyl groups is 3. The Morgan fingerprint density at radius 3 is 2.30 bits per heavy atom. The van der Waals surface area contributed by atoms with Gasteiger partial charge in [0.15, 0.2) is 23.7 Å². The number of alkyl halides is 3. The lowest BCUT2D eigenvalue weighted by atomic mass is 9.85. The van der Waals surface area contributed by atoms with Crippen molar-refractivity contribution in [3.05, 3.63) is 71.3 Å². The first-order chi connectivity index (χ1) is 17.4. The second kappa shape index (κ2) is 8.33. The molecule has 1 spiro atoms. The molecule has 2 aromatic carbocycles. The number of benzene rings is 2. The van der Waals surface area contributed by atoms with E-state index < -0.39 is 60.0 Å². The second-order valence-corrected chi connectivity index (χ2v) is 9.02. The van der Waals surface area contributed by atoms with Crippen LogP contribution in [0.4, 0.5) is 13.2 Å². The van der Waals surface area contributed by atoms with Crippen LogP contribution in [0.25, 0.3) is 0 Å². The van der Waals surface area contributed by atoms with Crippen molar-refractivity contribution in [1.82, 2.24) is 20.9 Å². The number of hydrogen-bond acceptors (Lipinski definition) is 7. The maximum atomic E-state index is 13.1. The lowest BCUT2D eigenvalue weighted by molar-refractivity contribution is -0.259. The molecule has 3 aliphatic rings. The van der Waals surface area contributed by atoms with Gasteiger partial charge in [-0.3, -0.25) is 10.8 Å². The zero-order valence-electron chi connectivity index (χ0n) is 19.0. The fourth-order valence-electron chi connectivity index (χ4n) is 5.35. The molecule has 3 saturated heterocycles. The first kappa shape index (κ1) is 24.8. The zero-order chi connectivity index (χ0) is 26.8. The van der Waals surface area contributed by atoms with Crippen LogP contribution >= 0.6 is 0 Å². The molecule has 0 aromatic heterocycles. The van der Waals surface area contributed by atoms with Crippen molar-refractivity contribution in [3.63, 3.8) is 0 Å². The van der Waals surface area contributed by atoms with Crippen molar-refractivity contribution in [2.45, 2.75) is 41.9 Å². The van der Waals surface area contributed by atoms with E-state index >= 15 is 0 Å². The highest BCUT2D eigenvalue weighted by Gasteiger charge is 2.78. The number of esters is 1. The molecule has 3 aliphatic heterocycles. The predicted octanol–water partition coefficient (Wildman–Crippen LogP) is 0.0599. The predicted molar refractivity (Wildman–Crippen MR) is 121 cm³/mol. The van der Waals surface area contributed by atoms with Gasteiger partial charge in [0.1, 0.15) is 6.04 Å². The molecule has 0 aliphatic carbocycles. The van der Waals surface area contributed by atoms with Gasteiger partial charge in [0.25, 0.3) is 0 Å². The Bertz CT molecular complexity index is 1240. The number of nitrogens with one attached hydrogen (secondary N) is 5. The third-order valence-electron chi connectivity index (χ3n) is 6.95. The number of nitrogens with zero attached hydrogens (tertiary/aromatic N) is 1. The topological polar surface area (TPSA) is 174 Å². The molecular weight excluding hydrogens is 497 g/mol. The van der Waals surface area contributed by atoms with Crippen LogP contribution in [-0.2, 0) is 10.9 Å². The number of rotatable bonds is 4. The summed E-state index contributed by atoms with van der Waals surface area (Å²) in [5.41, 5.74) is -2.85. The molecular formula is C23H23F3N6O5. The first-order valence-electron chi connectivity index (χ1n) is 11.2. The van der Waals surface area contributed by atoms with Crippen molar-refractivity contribution < 1.29 is 38.0 Å². The Kier molecular flexibility index (Phi) is 5.58. The lowest BCUT2D eigenvalue weighted by Gasteiger charge is -2.51. The van der Waals surface area contributed by atoms with Gasteiger partial charge in [-0.05, 0) is 29.8 Å². The second-order valence-electron chi connectivity index (χ2n) is 9.02. The summed E-state index contributed by atoms with van der Waals surface area (Å²) in [4.78, 5) is 14.3. The first-order valence-corrected chi connectivity index (χ1v) is 11.2. The molecule has 0 radical (unpaired) electrons. The molecule has 3 heterocycles. The minimum Gasteiger partial charge on any atom is -0.450 e. The van der Waals surface area contributed by atoms with E-state index in [2.05, 4.69) is 16.0 Å². The average molecular weight is 520 g/mol. The molecule has 196 valence electrons. The van der Waals surface area contributed by atoms with E-state index in [1.807, 2.05) is 0 Å². The van der Waals surface area contributed by atoms with E-state index in [1.165, 1.54) is 4.90 Å². The summed E-state index contributed by atoms with van der Waals surface area (Å²) in [5.74, 6) is -4.75. The number of hydrogen-bond donors (Lipinski definition) is 8. The number of aliphatic hydroxyl groups excluding tert-OH is 1. The Balaban J connectivity index is 1.60. The third-order valence-corrected chi connectivity index (χ3v) is 6.95. The van der Waals surface area contributed by atoms with E-state index in [0.717, 1.165) is 12.1 Å². The van der Waals surface area contributed by atoms with Gasteiger partial charge in [0.2, 0.25) is 5.79 Å². The molecule has 8 N–H and O–H groups in total. The monoisotopic (exact) mass is 520 g/mol. The number of guanidine groups is 2. The third kappa shape index (κ3) is 3.59. The molecule has 3 fully saturated rings. The standard InChI is InChI=1S/C23H23F3N6O5/c24-23(25,26)13-8-6-12(7-9-13)18(34)37-17-15(11-4-2-1-3-5-11)32-20(28)29-14(10-33)16-21(32,22(17,35)36)31-19(27)30-16/h1-9,14-17,33,35-36H,10H2,(H2,28,29)(H3,27,30,31)/t14-,15-,16-,17-,21-/m0/s1. The summed E-state index contributed by atoms with van der Waals surface area (Å²) < 4.78 is 44.4. The number of carbonyl (C=O) groups excluding carboxylic acids is 1. The molecule has 11 nitrogen and oxygen atoms in total. The van der Waals surface area contributed by atoms with Crippen molar-refractivity contribution in [2.75, 3.05) is 6.61 Å². The smallest absolute Gasteiger partial charge is 0.416 e. The fraction of sp³-hybridized carbons (Fsp3) is 0.348. The quantitative estimate of drug-likeness (QED) is 0.205. The summed E-state index contributed by atoms with van der Waals surface area (Å²) in [6.07, 6.45) is -6.40. The fourth-order valence-corrected chi connectivity index (χ4v) is 5.35. The van der Waals surface area contributed by atoms with E-state index in [9.17, 15) is 33.3 Å². The Morgan fingerprint density at radius 2 is 1.70 bits per heavy atom. The van der Waals surface area contributed by atoms with Gasteiger partial charge in [0, 0.05) is 0 Å². The van der Waals surface area contributed by atoms with Crippen molar-refractivity contribution >= 4 is 17.9 Å². The van der Waals surface area contributed by atoms with Gasteiger partial charge in [-0.15, -0.1) is 0 Å². The maximum absolute atomic E-state index is 13.1. The zero-order valence-corrected chi connectivity index (χ0v) is 19.0. The highest BCUT2D eigenvalue weighted by molar-refractivity contribution is 5.91. The summed E-state index contributed by atoms with van der Waals surface area (Å²) in [7, 11) is 0. The van der Waals surface area contributed by atoms with Crippen molar-refractivity contribution in [3.8, 4) is 0 Å². The summed E-state index contributed by atoms with van der Waals surface area (Å²) in [6.45, 7) is -0.535. The van der Waals surface area contributed by atoms with Crippen LogP contribution in [0.1, 0.15) is 27.5 Å². The molecule has 0 amide bonds. The van der Waals surface area contributed by atoms with E-state index in [-0.39, 0.29) is 17.5 Å². The Morgan fingerprint density at radius 1 is 1.05 bits per heavy atom. The largest absolute Gasteiger partial charge is 0.450 e. The minimum atomic E-state index is -4.61. The summed E-state index contributed by atoms with van der Waals surface area (Å²) in [5, 5.41) is 58.1. The van der Waals surface area contributed by atoms with Gasteiger partial charge in [-0.2, -0.15) is 13.2 Å². The average Bonchev–Trinajstić information content (AvgIpc) is 3.31. The van der Waals surface area contributed by atoms with Gasteiger partial charge in [-0.1, -0.05) is 30.3 Å². The number of carbonyl (C=O) groups is 1. The van der Waals surface area contributed by atoms with E-state index in [4.69, 9.17) is 15.6 Å². The number of halogens is 3. The molecule has 14 heteroatoms. The van der Waals surface area contributed by atoms with Crippen LogP contribution in [0.5, 0.6) is 0 Å². The van der Waals surface area contributed by atoms with Crippen LogP contribution in [0.3, 0.4) is 0 Å². The Hall–Kier alpha value is -3.88. The Labute approximate surface area is 207 Å². The van der Waals surface area contributed by atoms with Crippen molar-refractivity contribution in [1.29, 1.82) is 10.8 Å². The van der Waals surface area contributed by atoms with Gasteiger partial charge < -0.3 is 40.9 Å². The SMILES string of the molecule is N=C1N[C@H]2[C@H](CO)NC(=N)N3[C@@H](c4ccccc4)[C@H](OC(=O)c4ccc(C(F)(F)F)cc4)C(O)(O)[C@]23N1. The van der Waals surface area contributed by atoms with Crippen LogP contribution in [0, 0.1) is 10.8 Å². The molecule has 5 rings (SSSR count). The molecule has 5 atom stereocenters. The van der Waals surface area contributed by atoms with Gasteiger partial charge >= 0.3 is 12.1 Å². The highest BCUT2D eigenvalue weighted by Crippen LogP contribution is 2.52. The maximum Gasteiger partial charge on any atom is 0.416 e. The van der Waals surface area contributed by atoms with Crippen LogP contribution in [0.15, 0.2) is 54.6 Å². The molecule has 0 saturated carbocycles. The molecule has 2 aromatic rings. The summed E-state index contributed by atoms with van der Waals surface area (Å²) in [6, 6.07) is 8.31. The van der Waals surface area contributed by atoms with E-state index in [1.54, 1.807) is 30.3 Å². The highest BCUT2D eigenvalue weighted by atomic mass is 19.4. The summed E-state index contributed by atoms with van der Waals surface area (Å²) >= 11 is 0. The van der Waals surface area contributed by atoms with Crippen LogP contribution in [0.2, 0.25) is 0 Å². The number of ether oxygens (including phenoxy) is 1.